The second-order valence-electron chi connectivity index (χ2n) is 4.26. The topological polar surface area (TPSA) is 42.8 Å². The molecule has 2 rings (SSSR count). The second kappa shape index (κ2) is 8.87. The van der Waals surface area contributed by atoms with E-state index >= 15 is 0 Å². The van der Waals surface area contributed by atoms with Crippen molar-refractivity contribution in [3.05, 3.63) is 26.6 Å². The average molecular weight is 429 g/mol. The first-order valence-corrected chi connectivity index (χ1v) is 7.69. The van der Waals surface area contributed by atoms with Crippen molar-refractivity contribution in [2.24, 2.45) is 5.10 Å². The maximum atomic E-state index is 5.32. The van der Waals surface area contributed by atoms with Gasteiger partial charge in [-0.3, -0.25) is 0 Å². The van der Waals surface area contributed by atoms with Crippen molar-refractivity contribution < 1.29 is 9.47 Å². The van der Waals surface area contributed by atoms with Gasteiger partial charge in [0.1, 0.15) is 5.75 Å². The van der Waals surface area contributed by atoms with Crippen LogP contribution < -0.4 is 10.2 Å². The molecule has 1 heterocycles. The molecular weight excluding hydrogens is 411 g/mol. The number of halogens is 3. The summed E-state index contributed by atoms with van der Waals surface area (Å²) in [4.78, 5) is 0. The number of benzene rings is 1. The molecule has 0 radical (unpaired) electrons. The number of hydrogen-bond acceptors (Lipinski definition) is 4. The number of hydrazone groups is 1. The zero-order valence-electron chi connectivity index (χ0n) is 11.1. The molecule has 0 saturated carbocycles. The summed E-state index contributed by atoms with van der Waals surface area (Å²) in [7, 11) is 1.64. The molecular formula is C13H17Br2ClN2O2. The van der Waals surface area contributed by atoms with Crippen LogP contribution in [0.3, 0.4) is 0 Å². The summed E-state index contributed by atoms with van der Waals surface area (Å²) in [5.41, 5.74) is 4.14. The van der Waals surface area contributed by atoms with Gasteiger partial charge in [-0.2, -0.15) is 5.10 Å². The Balaban J connectivity index is 0.00000200. The molecule has 0 atom stereocenters. The smallest absolute Gasteiger partial charge is 0.147 e. The minimum atomic E-state index is 0. The predicted molar refractivity (Wildman–Crippen MR) is 90.2 cm³/mol. The van der Waals surface area contributed by atoms with E-state index in [0.29, 0.717) is 6.04 Å². The normalized spacial score (nSPS) is 15.9. The van der Waals surface area contributed by atoms with Crippen LogP contribution in [0.2, 0.25) is 0 Å². The lowest BCUT2D eigenvalue weighted by molar-refractivity contribution is 0.0784. The molecule has 0 aromatic heterocycles. The molecule has 20 heavy (non-hydrogen) atoms. The molecule has 1 fully saturated rings. The zero-order valence-corrected chi connectivity index (χ0v) is 15.1. The van der Waals surface area contributed by atoms with Gasteiger partial charge in [-0.1, -0.05) is 6.07 Å². The molecule has 1 aliphatic rings. The van der Waals surface area contributed by atoms with Gasteiger partial charge in [0.15, 0.2) is 0 Å². The Bertz CT molecular complexity index is 466. The van der Waals surface area contributed by atoms with Crippen LogP contribution >= 0.6 is 44.3 Å². The highest BCUT2D eigenvalue weighted by Gasteiger charge is 2.12. The van der Waals surface area contributed by atoms with Gasteiger partial charge in [-0.15, -0.1) is 12.4 Å². The molecule has 0 unspecified atom stereocenters. The molecule has 0 aliphatic carbocycles. The van der Waals surface area contributed by atoms with Gasteiger partial charge in [0, 0.05) is 24.8 Å². The fourth-order valence-electron chi connectivity index (χ4n) is 1.87. The quantitative estimate of drug-likeness (QED) is 0.587. The van der Waals surface area contributed by atoms with E-state index < -0.39 is 0 Å². The van der Waals surface area contributed by atoms with Crippen molar-refractivity contribution in [3.8, 4) is 5.75 Å². The van der Waals surface area contributed by atoms with Gasteiger partial charge in [-0.25, -0.2) is 0 Å². The standard InChI is InChI=1S/C13H16Br2N2O2.ClH/c1-18-13-11(14)3-2-9(12(13)15)8-16-17-10-4-6-19-7-5-10;/h2-3,8,10,17H,4-7H2,1H3;1H/b16-8+;. The highest BCUT2D eigenvalue weighted by atomic mass is 79.9. The summed E-state index contributed by atoms with van der Waals surface area (Å²) in [5, 5.41) is 4.30. The Labute approximate surface area is 142 Å². The molecule has 1 saturated heterocycles. The van der Waals surface area contributed by atoms with E-state index in [4.69, 9.17) is 9.47 Å². The van der Waals surface area contributed by atoms with Crippen LogP contribution in [0.25, 0.3) is 0 Å². The summed E-state index contributed by atoms with van der Waals surface area (Å²) in [6.45, 7) is 1.62. The number of methoxy groups -OCH3 is 1. The third kappa shape index (κ3) is 4.62. The van der Waals surface area contributed by atoms with Gasteiger partial charge in [0.2, 0.25) is 0 Å². The Morgan fingerprint density at radius 2 is 2.05 bits per heavy atom. The second-order valence-corrected chi connectivity index (χ2v) is 5.91. The largest absolute Gasteiger partial charge is 0.494 e. The minimum absolute atomic E-state index is 0. The Morgan fingerprint density at radius 1 is 1.35 bits per heavy atom. The van der Waals surface area contributed by atoms with Crippen molar-refractivity contribution in [1.82, 2.24) is 5.43 Å². The van der Waals surface area contributed by atoms with Crippen LogP contribution in [0.15, 0.2) is 26.2 Å². The lowest BCUT2D eigenvalue weighted by Crippen LogP contribution is -2.31. The molecule has 1 aromatic rings. The molecule has 0 amide bonds. The van der Waals surface area contributed by atoms with Gasteiger partial charge in [0.25, 0.3) is 0 Å². The third-order valence-corrected chi connectivity index (χ3v) is 4.41. The summed E-state index contributed by atoms with van der Waals surface area (Å²) in [6, 6.07) is 4.33. The number of ether oxygens (including phenoxy) is 2. The summed E-state index contributed by atoms with van der Waals surface area (Å²) >= 11 is 6.97. The van der Waals surface area contributed by atoms with Gasteiger partial charge < -0.3 is 14.9 Å². The van der Waals surface area contributed by atoms with E-state index in [-0.39, 0.29) is 12.4 Å². The first-order valence-electron chi connectivity index (χ1n) is 6.10. The van der Waals surface area contributed by atoms with E-state index in [2.05, 4.69) is 42.4 Å². The third-order valence-electron chi connectivity index (χ3n) is 2.97. The molecule has 0 bridgehead atoms. The van der Waals surface area contributed by atoms with Gasteiger partial charge in [-0.05, 0) is 50.8 Å². The molecule has 1 aromatic carbocycles. The zero-order chi connectivity index (χ0) is 13.7. The van der Waals surface area contributed by atoms with Crippen LogP contribution in [0.5, 0.6) is 5.75 Å². The van der Waals surface area contributed by atoms with E-state index in [0.717, 1.165) is 46.3 Å². The molecule has 112 valence electrons. The fourth-order valence-corrected chi connectivity index (χ4v) is 3.24. The van der Waals surface area contributed by atoms with Crippen molar-refractivity contribution in [3.63, 3.8) is 0 Å². The summed E-state index contributed by atoms with van der Waals surface area (Å²) < 4.78 is 12.4. The van der Waals surface area contributed by atoms with Gasteiger partial charge in [0.05, 0.1) is 22.3 Å². The van der Waals surface area contributed by atoms with Crippen LogP contribution in [-0.4, -0.2) is 32.6 Å². The lowest BCUT2D eigenvalue weighted by atomic mass is 10.1. The van der Waals surface area contributed by atoms with Crippen molar-refractivity contribution in [2.75, 3.05) is 20.3 Å². The lowest BCUT2D eigenvalue weighted by Gasteiger charge is -2.21. The van der Waals surface area contributed by atoms with Crippen LogP contribution in [-0.2, 0) is 4.74 Å². The molecule has 4 nitrogen and oxygen atoms in total. The van der Waals surface area contributed by atoms with E-state index in [1.165, 1.54) is 0 Å². The fraction of sp³-hybridized carbons (Fsp3) is 0.462. The van der Waals surface area contributed by atoms with Crippen molar-refractivity contribution in [1.29, 1.82) is 0 Å². The van der Waals surface area contributed by atoms with Crippen LogP contribution in [0.1, 0.15) is 18.4 Å². The van der Waals surface area contributed by atoms with Crippen molar-refractivity contribution >= 4 is 50.5 Å². The summed E-state index contributed by atoms with van der Waals surface area (Å²) in [6.07, 6.45) is 3.80. The molecule has 1 aliphatic heterocycles. The Hall–Kier alpha value is -0.300. The van der Waals surface area contributed by atoms with E-state index in [1.807, 2.05) is 12.1 Å². The number of rotatable bonds is 4. The average Bonchev–Trinajstić information content (AvgIpc) is 2.43. The molecule has 1 N–H and O–H groups in total. The first kappa shape index (κ1) is 17.8. The predicted octanol–water partition coefficient (Wildman–Crippen LogP) is 3.74. The Kier molecular flexibility index (Phi) is 7.87. The van der Waals surface area contributed by atoms with Crippen LogP contribution in [0, 0.1) is 0 Å². The molecule has 0 spiro atoms. The monoisotopic (exact) mass is 426 g/mol. The van der Waals surface area contributed by atoms with E-state index in [9.17, 15) is 0 Å². The highest BCUT2D eigenvalue weighted by molar-refractivity contribution is 9.11. The molecule has 7 heteroatoms. The van der Waals surface area contributed by atoms with E-state index in [1.54, 1.807) is 13.3 Å². The number of nitrogens with one attached hydrogen (secondary N) is 1. The number of hydrogen-bond donors (Lipinski definition) is 1. The van der Waals surface area contributed by atoms with Crippen LogP contribution in [0.4, 0.5) is 0 Å². The maximum Gasteiger partial charge on any atom is 0.147 e. The maximum absolute atomic E-state index is 5.32. The first-order chi connectivity index (χ1) is 9.22. The SMILES string of the molecule is COc1c(Br)ccc(/C=N/NC2CCOCC2)c1Br.Cl. The highest BCUT2D eigenvalue weighted by Crippen LogP contribution is 2.35. The summed E-state index contributed by atoms with van der Waals surface area (Å²) in [5.74, 6) is 0.773. The minimum Gasteiger partial charge on any atom is -0.494 e. The van der Waals surface area contributed by atoms with Crippen molar-refractivity contribution in [2.45, 2.75) is 18.9 Å². The number of nitrogens with zero attached hydrogens (tertiary/aromatic N) is 1. The van der Waals surface area contributed by atoms with Gasteiger partial charge >= 0.3 is 0 Å². The Morgan fingerprint density at radius 3 is 2.70 bits per heavy atom.